The molecular formula is C12H14N2O3. The number of nitrogens with zero attached hydrogens (tertiary/aromatic N) is 2. The van der Waals surface area contributed by atoms with E-state index < -0.39 is 6.04 Å². The van der Waals surface area contributed by atoms with Crippen LogP contribution in [0.1, 0.15) is 11.6 Å². The number of rotatable bonds is 1. The zero-order chi connectivity index (χ0) is 12.6. The Bertz CT molecular complexity index is 455. The van der Waals surface area contributed by atoms with Crippen LogP contribution in [0, 0.1) is 0 Å². The zero-order valence-electron chi connectivity index (χ0n) is 9.75. The molecule has 0 spiro atoms. The highest BCUT2D eigenvalue weighted by atomic mass is 16.3. The Labute approximate surface area is 99.3 Å². The summed E-state index contributed by atoms with van der Waals surface area (Å²) in [6.07, 6.45) is 0. The van der Waals surface area contributed by atoms with Crippen molar-refractivity contribution in [3.8, 4) is 5.75 Å². The standard InChI is InChI=1S/C12H14N2O3/c1-13-7-10(16)14(2)11(12(13)17)8-3-5-9(15)6-4-8/h3-6,11,15H,7H2,1-2H3/t11-/m1/s1. The Morgan fingerprint density at radius 2 is 1.76 bits per heavy atom. The van der Waals surface area contributed by atoms with Gasteiger partial charge in [0.1, 0.15) is 11.8 Å². The fourth-order valence-corrected chi connectivity index (χ4v) is 1.93. The second-order valence-corrected chi connectivity index (χ2v) is 4.19. The van der Waals surface area contributed by atoms with Crippen molar-refractivity contribution in [3.05, 3.63) is 29.8 Å². The molecule has 90 valence electrons. The molecule has 1 N–H and O–H groups in total. The number of phenols is 1. The molecule has 1 heterocycles. The molecular weight excluding hydrogens is 220 g/mol. The quantitative estimate of drug-likeness (QED) is 0.763. The number of likely N-dealkylation sites (N-methyl/N-ethyl adjacent to an activating group) is 2. The summed E-state index contributed by atoms with van der Waals surface area (Å²) in [6, 6.07) is 5.73. The Balaban J connectivity index is 2.37. The van der Waals surface area contributed by atoms with Crippen LogP contribution >= 0.6 is 0 Å². The van der Waals surface area contributed by atoms with E-state index in [9.17, 15) is 14.7 Å². The molecule has 1 aliphatic rings. The van der Waals surface area contributed by atoms with E-state index in [0.717, 1.165) is 0 Å². The lowest BCUT2D eigenvalue weighted by Gasteiger charge is -2.36. The van der Waals surface area contributed by atoms with Crippen LogP contribution < -0.4 is 0 Å². The number of carbonyl (C=O) groups is 2. The van der Waals surface area contributed by atoms with Gasteiger partial charge >= 0.3 is 0 Å². The van der Waals surface area contributed by atoms with E-state index in [2.05, 4.69) is 0 Å². The maximum Gasteiger partial charge on any atom is 0.250 e. The van der Waals surface area contributed by atoms with E-state index in [0.29, 0.717) is 5.56 Å². The first-order valence-electron chi connectivity index (χ1n) is 5.30. The zero-order valence-corrected chi connectivity index (χ0v) is 9.75. The van der Waals surface area contributed by atoms with Crippen molar-refractivity contribution in [2.75, 3.05) is 20.6 Å². The number of amides is 2. The lowest BCUT2D eigenvalue weighted by Crippen LogP contribution is -2.52. The summed E-state index contributed by atoms with van der Waals surface area (Å²) in [5, 5.41) is 9.21. The summed E-state index contributed by atoms with van der Waals surface area (Å²) < 4.78 is 0. The first-order valence-corrected chi connectivity index (χ1v) is 5.30. The first kappa shape index (κ1) is 11.4. The van der Waals surface area contributed by atoms with Crippen LogP contribution in [0.25, 0.3) is 0 Å². The molecule has 1 saturated heterocycles. The fourth-order valence-electron chi connectivity index (χ4n) is 1.93. The van der Waals surface area contributed by atoms with Crippen molar-refractivity contribution in [2.45, 2.75) is 6.04 Å². The highest BCUT2D eigenvalue weighted by molar-refractivity contribution is 5.95. The minimum absolute atomic E-state index is 0.0924. The van der Waals surface area contributed by atoms with Gasteiger partial charge in [0.25, 0.3) is 0 Å². The van der Waals surface area contributed by atoms with Gasteiger partial charge in [0, 0.05) is 14.1 Å². The van der Waals surface area contributed by atoms with Gasteiger partial charge in [-0.05, 0) is 17.7 Å². The SMILES string of the molecule is CN1CC(=O)N(C)[C@H](c2ccc(O)cc2)C1=O. The summed E-state index contributed by atoms with van der Waals surface area (Å²) in [7, 11) is 3.23. The molecule has 1 aromatic carbocycles. The maximum atomic E-state index is 12.0. The average molecular weight is 234 g/mol. The second-order valence-electron chi connectivity index (χ2n) is 4.19. The number of carbonyl (C=O) groups excluding carboxylic acids is 2. The lowest BCUT2D eigenvalue weighted by atomic mass is 10.0. The van der Waals surface area contributed by atoms with Gasteiger partial charge in [-0.3, -0.25) is 9.59 Å². The molecule has 5 heteroatoms. The van der Waals surface area contributed by atoms with Crippen molar-refractivity contribution >= 4 is 11.8 Å². The summed E-state index contributed by atoms with van der Waals surface area (Å²) in [5.74, 6) is -0.0673. The molecule has 17 heavy (non-hydrogen) atoms. The van der Waals surface area contributed by atoms with Crippen molar-refractivity contribution in [3.63, 3.8) is 0 Å². The van der Waals surface area contributed by atoms with Gasteiger partial charge in [0.15, 0.2) is 0 Å². The van der Waals surface area contributed by atoms with Crippen LogP contribution in [0.3, 0.4) is 0 Å². The third kappa shape index (κ3) is 1.95. The summed E-state index contributed by atoms with van der Waals surface area (Å²) in [4.78, 5) is 26.6. The Morgan fingerprint density at radius 1 is 1.18 bits per heavy atom. The van der Waals surface area contributed by atoms with Gasteiger partial charge in [0.2, 0.25) is 11.8 Å². The van der Waals surface area contributed by atoms with Crippen LogP contribution in [-0.4, -0.2) is 47.4 Å². The molecule has 2 rings (SSSR count). The molecule has 5 nitrogen and oxygen atoms in total. The van der Waals surface area contributed by atoms with Gasteiger partial charge in [-0.1, -0.05) is 12.1 Å². The Kier molecular flexibility index (Phi) is 2.75. The summed E-state index contributed by atoms with van der Waals surface area (Å²) in [6.45, 7) is 0.115. The molecule has 0 aliphatic carbocycles. The second kappa shape index (κ2) is 4.08. The molecule has 1 fully saturated rings. The van der Waals surface area contributed by atoms with Crippen LogP contribution in [0.15, 0.2) is 24.3 Å². The monoisotopic (exact) mass is 234 g/mol. The van der Waals surface area contributed by atoms with Crippen molar-refractivity contribution in [2.24, 2.45) is 0 Å². The van der Waals surface area contributed by atoms with Crippen LogP contribution in [0.2, 0.25) is 0 Å². The van der Waals surface area contributed by atoms with E-state index in [1.54, 1.807) is 26.2 Å². The molecule has 1 aromatic rings. The number of phenolic OH excluding ortho intramolecular Hbond substituents is 1. The van der Waals surface area contributed by atoms with Crippen LogP contribution in [0.5, 0.6) is 5.75 Å². The third-order valence-corrected chi connectivity index (χ3v) is 2.97. The highest BCUT2D eigenvalue weighted by Gasteiger charge is 2.36. The van der Waals surface area contributed by atoms with Crippen LogP contribution in [0.4, 0.5) is 0 Å². The van der Waals surface area contributed by atoms with Gasteiger partial charge in [-0.2, -0.15) is 0 Å². The van der Waals surface area contributed by atoms with Gasteiger partial charge < -0.3 is 14.9 Å². The number of hydrogen-bond donors (Lipinski definition) is 1. The number of benzene rings is 1. The van der Waals surface area contributed by atoms with E-state index in [4.69, 9.17) is 0 Å². The van der Waals surface area contributed by atoms with E-state index in [1.165, 1.54) is 21.9 Å². The summed E-state index contributed by atoms with van der Waals surface area (Å²) in [5.41, 5.74) is 0.704. The molecule has 0 radical (unpaired) electrons. The number of aromatic hydroxyl groups is 1. The highest BCUT2D eigenvalue weighted by Crippen LogP contribution is 2.26. The Hall–Kier alpha value is -2.04. The molecule has 1 atom stereocenters. The number of hydrogen-bond acceptors (Lipinski definition) is 3. The van der Waals surface area contributed by atoms with Crippen molar-refractivity contribution < 1.29 is 14.7 Å². The normalized spacial score (nSPS) is 20.9. The summed E-state index contributed by atoms with van der Waals surface area (Å²) >= 11 is 0. The lowest BCUT2D eigenvalue weighted by molar-refractivity contribution is -0.153. The predicted molar refractivity (Wildman–Crippen MR) is 61.3 cm³/mol. The predicted octanol–water partition coefficient (Wildman–Crippen LogP) is 0.364. The van der Waals surface area contributed by atoms with E-state index >= 15 is 0 Å². The molecule has 1 aliphatic heterocycles. The van der Waals surface area contributed by atoms with E-state index in [1.807, 2.05) is 0 Å². The topological polar surface area (TPSA) is 60.9 Å². The molecule has 0 saturated carbocycles. The molecule has 0 aromatic heterocycles. The first-order chi connectivity index (χ1) is 8.00. The largest absolute Gasteiger partial charge is 0.508 e. The minimum Gasteiger partial charge on any atom is -0.508 e. The minimum atomic E-state index is -0.596. The smallest absolute Gasteiger partial charge is 0.250 e. The number of piperazine rings is 1. The third-order valence-electron chi connectivity index (χ3n) is 2.97. The fraction of sp³-hybridized carbons (Fsp3) is 0.333. The van der Waals surface area contributed by atoms with Crippen LogP contribution in [-0.2, 0) is 9.59 Å². The van der Waals surface area contributed by atoms with Gasteiger partial charge in [0.05, 0.1) is 6.54 Å². The van der Waals surface area contributed by atoms with Crippen molar-refractivity contribution in [1.29, 1.82) is 0 Å². The Morgan fingerprint density at radius 3 is 2.35 bits per heavy atom. The molecule has 0 bridgehead atoms. The average Bonchev–Trinajstić information content (AvgIpc) is 2.29. The van der Waals surface area contributed by atoms with Gasteiger partial charge in [-0.25, -0.2) is 0 Å². The van der Waals surface area contributed by atoms with Gasteiger partial charge in [-0.15, -0.1) is 0 Å². The van der Waals surface area contributed by atoms with E-state index in [-0.39, 0.29) is 24.1 Å². The van der Waals surface area contributed by atoms with Crippen molar-refractivity contribution in [1.82, 2.24) is 9.80 Å². The molecule has 0 unspecified atom stereocenters. The maximum absolute atomic E-state index is 12.0. The molecule has 2 amide bonds.